The van der Waals surface area contributed by atoms with Gasteiger partial charge in [0.1, 0.15) is 5.60 Å². The van der Waals surface area contributed by atoms with Crippen molar-refractivity contribution < 1.29 is 14.6 Å². The fourth-order valence-electron chi connectivity index (χ4n) is 2.20. The van der Waals surface area contributed by atoms with Crippen LogP contribution >= 0.6 is 11.6 Å². The maximum atomic E-state index is 12.2. The zero-order valence-corrected chi connectivity index (χ0v) is 14.1. The lowest BCUT2D eigenvalue weighted by Crippen LogP contribution is -2.58. The van der Waals surface area contributed by atoms with E-state index in [2.05, 4.69) is 15.2 Å². The van der Waals surface area contributed by atoms with E-state index in [1.807, 2.05) is 0 Å². The van der Waals surface area contributed by atoms with E-state index in [-0.39, 0.29) is 17.6 Å². The van der Waals surface area contributed by atoms with Crippen LogP contribution < -0.4 is 10.6 Å². The fraction of sp³-hybridized carbons (Fsp3) is 0.692. The number of piperazine rings is 1. The summed E-state index contributed by atoms with van der Waals surface area (Å²) in [7, 11) is 0. The highest BCUT2D eigenvalue weighted by Gasteiger charge is 2.34. The van der Waals surface area contributed by atoms with Crippen LogP contribution in [0.25, 0.3) is 0 Å². The standard InChI is InChI=1S/C13H21ClN6O3/c1-13(2,3)23-12(22)20-5-4-19(6-8(20)7-21)11-16-10(15)9(14)17-18-11/h8,21H,4-7H2,1-3H3,(H2,15,16,18)/t8-/m1/s1. The van der Waals surface area contributed by atoms with Crippen molar-refractivity contribution in [1.29, 1.82) is 0 Å². The zero-order chi connectivity index (χ0) is 17.2. The molecule has 1 aromatic rings. The van der Waals surface area contributed by atoms with E-state index in [1.54, 1.807) is 25.7 Å². The van der Waals surface area contributed by atoms with Crippen molar-refractivity contribution in [2.24, 2.45) is 0 Å². The largest absolute Gasteiger partial charge is 0.444 e. The van der Waals surface area contributed by atoms with E-state index >= 15 is 0 Å². The molecule has 0 aliphatic carbocycles. The van der Waals surface area contributed by atoms with Gasteiger partial charge < -0.3 is 20.5 Å². The third kappa shape index (κ3) is 4.32. The molecule has 3 N–H and O–H groups in total. The average Bonchev–Trinajstić information content (AvgIpc) is 2.47. The molecule has 1 atom stereocenters. The number of hydrogen-bond donors (Lipinski definition) is 2. The molecule has 0 spiro atoms. The molecule has 1 saturated heterocycles. The molecule has 128 valence electrons. The number of amides is 1. The predicted octanol–water partition coefficient (Wildman–Crippen LogP) is 0.525. The van der Waals surface area contributed by atoms with Crippen molar-refractivity contribution >= 4 is 29.5 Å². The number of carbonyl (C=O) groups is 1. The Morgan fingerprint density at radius 2 is 2.13 bits per heavy atom. The molecule has 0 bridgehead atoms. The SMILES string of the molecule is CC(C)(C)OC(=O)N1CCN(c2nnc(Cl)c(N)n2)C[C@@H]1CO. The Hall–Kier alpha value is -1.87. The lowest BCUT2D eigenvalue weighted by Gasteiger charge is -2.40. The van der Waals surface area contributed by atoms with Gasteiger partial charge in [0, 0.05) is 19.6 Å². The topological polar surface area (TPSA) is 118 Å². The lowest BCUT2D eigenvalue weighted by molar-refractivity contribution is 0.00693. The normalized spacial score (nSPS) is 18.9. The maximum Gasteiger partial charge on any atom is 0.410 e. The van der Waals surface area contributed by atoms with Crippen molar-refractivity contribution in [2.45, 2.75) is 32.4 Å². The second-order valence-corrected chi connectivity index (χ2v) is 6.60. The Morgan fingerprint density at radius 3 is 2.70 bits per heavy atom. The van der Waals surface area contributed by atoms with E-state index in [0.717, 1.165) is 0 Å². The van der Waals surface area contributed by atoms with Crippen molar-refractivity contribution in [2.75, 3.05) is 36.9 Å². The molecule has 2 heterocycles. The van der Waals surface area contributed by atoms with E-state index in [1.165, 1.54) is 4.90 Å². The van der Waals surface area contributed by atoms with Crippen LogP contribution in [0.1, 0.15) is 20.8 Å². The van der Waals surface area contributed by atoms with E-state index < -0.39 is 17.7 Å². The molecule has 10 heteroatoms. The first-order chi connectivity index (χ1) is 10.7. The first-order valence-electron chi connectivity index (χ1n) is 7.22. The number of aliphatic hydroxyl groups excluding tert-OH is 1. The van der Waals surface area contributed by atoms with Gasteiger partial charge in [0.05, 0.1) is 12.6 Å². The highest BCUT2D eigenvalue weighted by Crippen LogP contribution is 2.20. The summed E-state index contributed by atoms with van der Waals surface area (Å²) in [4.78, 5) is 19.6. The second-order valence-electron chi connectivity index (χ2n) is 6.24. The van der Waals surface area contributed by atoms with Gasteiger partial charge in [-0.3, -0.25) is 4.90 Å². The van der Waals surface area contributed by atoms with E-state index in [9.17, 15) is 9.90 Å². The smallest absolute Gasteiger partial charge is 0.410 e. The lowest BCUT2D eigenvalue weighted by atomic mass is 10.2. The minimum absolute atomic E-state index is 0.0415. The van der Waals surface area contributed by atoms with Crippen molar-refractivity contribution in [1.82, 2.24) is 20.1 Å². The van der Waals surface area contributed by atoms with E-state index in [4.69, 9.17) is 22.1 Å². The van der Waals surface area contributed by atoms with Crippen LogP contribution in [0.5, 0.6) is 0 Å². The molecule has 1 aliphatic heterocycles. The number of aromatic nitrogens is 3. The molecule has 1 amide bonds. The number of anilines is 2. The summed E-state index contributed by atoms with van der Waals surface area (Å²) in [6.07, 6.45) is -0.453. The molecule has 23 heavy (non-hydrogen) atoms. The summed E-state index contributed by atoms with van der Waals surface area (Å²) in [5.41, 5.74) is 5.04. The second kappa shape index (κ2) is 6.71. The number of hydrogen-bond acceptors (Lipinski definition) is 8. The molecule has 1 aliphatic rings. The number of nitrogen functional groups attached to an aromatic ring is 1. The van der Waals surface area contributed by atoms with Crippen LogP contribution in [-0.2, 0) is 4.74 Å². The number of carbonyl (C=O) groups excluding carboxylic acids is 1. The average molecular weight is 345 g/mol. The first kappa shape index (κ1) is 17.5. The van der Waals surface area contributed by atoms with Crippen LogP contribution in [0.15, 0.2) is 0 Å². The zero-order valence-electron chi connectivity index (χ0n) is 13.4. The summed E-state index contributed by atoms with van der Waals surface area (Å²) in [5.74, 6) is 0.404. The van der Waals surface area contributed by atoms with Crippen molar-refractivity contribution in [3.8, 4) is 0 Å². The molecular weight excluding hydrogens is 324 g/mol. The maximum absolute atomic E-state index is 12.2. The van der Waals surface area contributed by atoms with Gasteiger partial charge in [0.15, 0.2) is 11.0 Å². The minimum Gasteiger partial charge on any atom is -0.444 e. The Bertz CT molecular complexity index is 579. The van der Waals surface area contributed by atoms with Crippen LogP contribution in [0.2, 0.25) is 5.15 Å². The summed E-state index contributed by atoms with van der Waals surface area (Å²) >= 11 is 5.71. The predicted molar refractivity (Wildman–Crippen MR) is 85.3 cm³/mol. The molecule has 1 fully saturated rings. The van der Waals surface area contributed by atoms with Gasteiger partial charge in [-0.25, -0.2) is 4.79 Å². The van der Waals surface area contributed by atoms with Crippen LogP contribution in [0, 0.1) is 0 Å². The molecule has 0 radical (unpaired) electrons. The summed E-state index contributed by atoms with van der Waals surface area (Å²) in [6, 6.07) is -0.431. The number of nitrogens with zero attached hydrogens (tertiary/aromatic N) is 5. The van der Waals surface area contributed by atoms with Gasteiger partial charge in [-0.15, -0.1) is 10.2 Å². The van der Waals surface area contributed by atoms with Crippen molar-refractivity contribution in [3.05, 3.63) is 5.15 Å². The summed E-state index contributed by atoms with van der Waals surface area (Å²) < 4.78 is 5.36. The highest BCUT2D eigenvalue weighted by atomic mass is 35.5. The van der Waals surface area contributed by atoms with Crippen LogP contribution in [-0.4, -0.2) is 69.2 Å². The van der Waals surface area contributed by atoms with Gasteiger partial charge in [0.25, 0.3) is 0 Å². The van der Waals surface area contributed by atoms with Gasteiger partial charge in [-0.2, -0.15) is 4.98 Å². The van der Waals surface area contributed by atoms with Gasteiger partial charge in [0.2, 0.25) is 5.95 Å². The van der Waals surface area contributed by atoms with Gasteiger partial charge in [-0.05, 0) is 20.8 Å². The first-order valence-corrected chi connectivity index (χ1v) is 7.60. The quantitative estimate of drug-likeness (QED) is 0.797. The molecule has 0 saturated carbocycles. The van der Waals surface area contributed by atoms with Gasteiger partial charge >= 0.3 is 6.09 Å². The number of ether oxygens (including phenoxy) is 1. The number of aliphatic hydroxyl groups is 1. The Balaban J connectivity index is 2.09. The van der Waals surface area contributed by atoms with Crippen molar-refractivity contribution in [3.63, 3.8) is 0 Å². The summed E-state index contributed by atoms with van der Waals surface area (Å²) in [6.45, 7) is 6.37. The monoisotopic (exact) mass is 344 g/mol. The number of rotatable bonds is 2. The summed E-state index contributed by atoms with van der Waals surface area (Å²) in [5, 5.41) is 17.3. The third-order valence-corrected chi connectivity index (χ3v) is 3.53. The number of nitrogens with two attached hydrogens (primary N) is 1. The van der Waals surface area contributed by atoms with Crippen LogP contribution in [0.4, 0.5) is 16.6 Å². The Labute approximate surface area is 139 Å². The fourth-order valence-corrected chi connectivity index (χ4v) is 2.28. The molecule has 2 rings (SSSR count). The number of halogens is 1. The third-order valence-electron chi connectivity index (χ3n) is 3.26. The molecule has 1 aromatic heterocycles. The Kier molecular flexibility index (Phi) is 5.10. The van der Waals surface area contributed by atoms with Crippen LogP contribution in [0.3, 0.4) is 0 Å². The Morgan fingerprint density at radius 1 is 1.43 bits per heavy atom. The highest BCUT2D eigenvalue weighted by molar-refractivity contribution is 6.31. The van der Waals surface area contributed by atoms with Gasteiger partial charge in [-0.1, -0.05) is 11.6 Å². The molecular formula is C13H21ClN6O3. The molecule has 0 unspecified atom stereocenters. The molecule has 9 nitrogen and oxygen atoms in total. The van der Waals surface area contributed by atoms with E-state index in [0.29, 0.717) is 25.6 Å². The minimum atomic E-state index is -0.591. The molecule has 0 aromatic carbocycles.